The van der Waals surface area contributed by atoms with Crippen LogP contribution in [0.2, 0.25) is 5.02 Å². The van der Waals surface area contributed by atoms with Crippen LogP contribution in [0.3, 0.4) is 0 Å². The van der Waals surface area contributed by atoms with Crippen molar-refractivity contribution >= 4 is 44.7 Å². The van der Waals surface area contributed by atoms with Crippen LogP contribution in [0.25, 0.3) is 0 Å². The number of carbonyl (C=O) groups excluding carboxylic acids is 1. The standard InChI is InChI=1S/C14H10BrClO2S/c1-7-6-19-14(11(7)16)12(17)10-5-9(15)4-8-2-3-18-13(8)10/h4-6H,2-3H2,1H3. The van der Waals surface area contributed by atoms with Crippen molar-refractivity contribution < 1.29 is 9.53 Å². The number of ether oxygens (including phenoxy) is 1. The third-order valence-electron chi connectivity index (χ3n) is 3.10. The van der Waals surface area contributed by atoms with Gasteiger partial charge in [0, 0.05) is 10.9 Å². The van der Waals surface area contributed by atoms with E-state index in [0.717, 1.165) is 22.0 Å². The molecule has 2 heterocycles. The molecular weight excluding hydrogens is 348 g/mol. The molecule has 3 rings (SSSR count). The van der Waals surface area contributed by atoms with Crippen LogP contribution >= 0.6 is 38.9 Å². The summed E-state index contributed by atoms with van der Waals surface area (Å²) in [5.74, 6) is 0.637. The van der Waals surface area contributed by atoms with E-state index < -0.39 is 0 Å². The van der Waals surface area contributed by atoms with Crippen molar-refractivity contribution in [3.63, 3.8) is 0 Å². The molecule has 0 saturated carbocycles. The van der Waals surface area contributed by atoms with Gasteiger partial charge in [0.25, 0.3) is 0 Å². The van der Waals surface area contributed by atoms with E-state index >= 15 is 0 Å². The third-order valence-corrected chi connectivity index (χ3v) is 5.25. The van der Waals surface area contributed by atoms with E-state index in [1.54, 1.807) is 6.07 Å². The number of fused-ring (bicyclic) bond motifs is 1. The second-order valence-electron chi connectivity index (χ2n) is 4.43. The van der Waals surface area contributed by atoms with Crippen molar-refractivity contribution in [1.82, 2.24) is 0 Å². The molecule has 0 radical (unpaired) electrons. The van der Waals surface area contributed by atoms with E-state index in [0.29, 0.717) is 27.8 Å². The molecule has 0 unspecified atom stereocenters. The van der Waals surface area contributed by atoms with Gasteiger partial charge in [-0.3, -0.25) is 4.79 Å². The first-order valence-corrected chi connectivity index (χ1v) is 7.86. The third kappa shape index (κ3) is 2.22. The van der Waals surface area contributed by atoms with Crippen LogP contribution in [0.1, 0.15) is 26.4 Å². The number of benzene rings is 1. The Bertz CT molecular complexity index is 678. The number of ketones is 1. The maximum absolute atomic E-state index is 12.6. The smallest absolute Gasteiger partial charge is 0.208 e. The Labute approximate surface area is 128 Å². The number of rotatable bonds is 2. The lowest BCUT2D eigenvalue weighted by molar-refractivity contribution is 0.103. The Hall–Kier alpha value is -0.840. The van der Waals surface area contributed by atoms with Gasteiger partial charge in [0.2, 0.25) is 5.78 Å². The van der Waals surface area contributed by atoms with Crippen LogP contribution in [-0.4, -0.2) is 12.4 Å². The molecule has 1 aliphatic rings. The maximum Gasteiger partial charge on any atom is 0.208 e. The summed E-state index contributed by atoms with van der Waals surface area (Å²) >= 11 is 11.0. The van der Waals surface area contributed by atoms with Gasteiger partial charge in [0.15, 0.2) is 0 Å². The number of carbonyl (C=O) groups is 1. The van der Waals surface area contributed by atoms with Crippen molar-refractivity contribution in [3.05, 3.63) is 48.6 Å². The molecule has 0 fully saturated rings. The predicted octanol–water partition coefficient (Wildman–Crippen LogP) is 4.64. The molecule has 19 heavy (non-hydrogen) atoms. The lowest BCUT2D eigenvalue weighted by Crippen LogP contribution is -2.02. The second-order valence-corrected chi connectivity index (χ2v) is 6.60. The molecule has 0 bridgehead atoms. The number of aryl methyl sites for hydroxylation is 1. The summed E-state index contributed by atoms with van der Waals surface area (Å²) in [7, 11) is 0. The normalized spacial score (nSPS) is 13.2. The zero-order valence-corrected chi connectivity index (χ0v) is 13.3. The van der Waals surface area contributed by atoms with Gasteiger partial charge in [-0.15, -0.1) is 11.3 Å². The summed E-state index contributed by atoms with van der Waals surface area (Å²) in [5.41, 5.74) is 2.59. The topological polar surface area (TPSA) is 26.3 Å². The largest absolute Gasteiger partial charge is 0.492 e. The lowest BCUT2D eigenvalue weighted by Gasteiger charge is -2.07. The van der Waals surface area contributed by atoms with Crippen LogP contribution in [0.4, 0.5) is 0 Å². The van der Waals surface area contributed by atoms with Gasteiger partial charge in [-0.25, -0.2) is 0 Å². The Morgan fingerprint density at radius 1 is 1.47 bits per heavy atom. The zero-order chi connectivity index (χ0) is 13.6. The fourth-order valence-electron chi connectivity index (χ4n) is 2.14. The molecule has 5 heteroatoms. The van der Waals surface area contributed by atoms with Crippen LogP contribution in [0.5, 0.6) is 5.75 Å². The Morgan fingerprint density at radius 2 is 2.26 bits per heavy atom. The molecule has 1 aromatic carbocycles. The zero-order valence-electron chi connectivity index (χ0n) is 10.1. The van der Waals surface area contributed by atoms with Crippen molar-refractivity contribution in [1.29, 1.82) is 0 Å². The predicted molar refractivity (Wildman–Crippen MR) is 80.8 cm³/mol. The SMILES string of the molecule is Cc1csc(C(=O)c2cc(Br)cc3c2OCC3)c1Cl. The van der Waals surface area contributed by atoms with E-state index in [2.05, 4.69) is 15.9 Å². The van der Waals surface area contributed by atoms with Gasteiger partial charge in [-0.2, -0.15) is 0 Å². The monoisotopic (exact) mass is 356 g/mol. The summed E-state index contributed by atoms with van der Waals surface area (Å²) in [6.07, 6.45) is 0.840. The quantitative estimate of drug-likeness (QED) is 0.732. The molecule has 0 N–H and O–H groups in total. The van der Waals surface area contributed by atoms with Gasteiger partial charge in [-0.1, -0.05) is 27.5 Å². The summed E-state index contributed by atoms with van der Waals surface area (Å²) < 4.78 is 6.49. The fraction of sp³-hybridized carbons (Fsp3) is 0.214. The number of halogens is 2. The Kier molecular flexibility index (Phi) is 3.41. The first kappa shape index (κ1) is 13.2. The molecule has 0 saturated heterocycles. The van der Waals surface area contributed by atoms with E-state index in [1.807, 2.05) is 18.4 Å². The van der Waals surface area contributed by atoms with E-state index in [4.69, 9.17) is 16.3 Å². The van der Waals surface area contributed by atoms with Crippen LogP contribution < -0.4 is 4.74 Å². The molecule has 2 aromatic rings. The molecule has 2 nitrogen and oxygen atoms in total. The minimum Gasteiger partial charge on any atom is -0.492 e. The van der Waals surface area contributed by atoms with Crippen molar-refractivity contribution in [2.24, 2.45) is 0 Å². The molecule has 0 spiro atoms. The van der Waals surface area contributed by atoms with E-state index in [1.165, 1.54) is 11.3 Å². The summed E-state index contributed by atoms with van der Waals surface area (Å²) in [5, 5.41) is 2.44. The molecular formula is C14H10BrClO2S. The lowest BCUT2D eigenvalue weighted by atomic mass is 10.0. The maximum atomic E-state index is 12.6. The second kappa shape index (κ2) is 4.93. The van der Waals surface area contributed by atoms with E-state index in [9.17, 15) is 4.79 Å². The highest BCUT2D eigenvalue weighted by molar-refractivity contribution is 9.10. The molecule has 0 aliphatic carbocycles. The highest BCUT2D eigenvalue weighted by Gasteiger charge is 2.25. The average molecular weight is 358 g/mol. The van der Waals surface area contributed by atoms with Gasteiger partial charge in [-0.05, 0) is 35.6 Å². The van der Waals surface area contributed by atoms with Gasteiger partial charge >= 0.3 is 0 Å². The molecule has 98 valence electrons. The molecule has 1 aliphatic heterocycles. The highest BCUT2D eigenvalue weighted by atomic mass is 79.9. The van der Waals surface area contributed by atoms with Gasteiger partial charge in [0.1, 0.15) is 5.75 Å². The van der Waals surface area contributed by atoms with Crippen LogP contribution in [-0.2, 0) is 6.42 Å². The molecule has 1 aromatic heterocycles. The Morgan fingerprint density at radius 3 is 2.95 bits per heavy atom. The minimum atomic E-state index is -0.0671. The summed E-state index contributed by atoms with van der Waals surface area (Å²) in [6, 6.07) is 3.80. The minimum absolute atomic E-state index is 0.0671. The van der Waals surface area contributed by atoms with Crippen molar-refractivity contribution in [2.75, 3.05) is 6.61 Å². The molecule has 0 amide bonds. The summed E-state index contributed by atoms with van der Waals surface area (Å²) in [4.78, 5) is 13.2. The number of hydrogen-bond acceptors (Lipinski definition) is 3. The van der Waals surface area contributed by atoms with Crippen LogP contribution in [0.15, 0.2) is 22.0 Å². The van der Waals surface area contributed by atoms with Crippen LogP contribution in [0, 0.1) is 6.92 Å². The van der Waals surface area contributed by atoms with Gasteiger partial charge < -0.3 is 4.74 Å². The number of hydrogen-bond donors (Lipinski definition) is 0. The van der Waals surface area contributed by atoms with Gasteiger partial charge in [0.05, 0.1) is 22.1 Å². The average Bonchev–Trinajstić information content (AvgIpc) is 2.96. The first-order chi connectivity index (χ1) is 9.08. The van der Waals surface area contributed by atoms with Crippen molar-refractivity contribution in [3.8, 4) is 5.75 Å². The van der Waals surface area contributed by atoms with E-state index in [-0.39, 0.29) is 5.78 Å². The fourth-order valence-corrected chi connectivity index (χ4v) is 3.88. The first-order valence-electron chi connectivity index (χ1n) is 5.81. The highest BCUT2D eigenvalue weighted by Crippen LogP contribution is 2.37. The summed E-state index contributed by atoms with van der Waals surface area (Å²) in [6.45, 7) is 2.53. The number of thiophene rings is 1. The Balaban J connectivity index is 2.13. The van der Waals surface area contributed by atoms with Crippen molar-refractivity contribution in [2.45, 2.75) is 13.3 Å². The molecule has 0 atom stereocenters.